The van der Waals surface area contributed by atoms with Crippen molar-refractivity contribution in [2.75, 3.05) is 31.7 Å². The van der Waals surface area contributed by atoms with Crippen LogP contribution in [0.3, 0.4) is 0 Å². The Labute approximate surface area is 117 Å². The number of pyridine rings is 1. The van der Waals surface area contributed by atoms with Gasteiger partial charge in [-0.15, -0.1) is 0 Å². The molecule has 0 bridgehead atoms. The van der Waals surface area contributed by atoms with Gasteiger partial charge in [-0.05, 0) is 25.5 Å². The van der Waals surface area contributed by atoms with Gasteiger partial charge < -0.3 is 15.0 Å². The number of likely N-dealkylation sites (N-methyl/N-ethyl adjacent to an activating group) is 1. The van der Waals surface area contributed by atoms with Crippen LogP contribution in [0.15, 0.2) is 12.1 Å². The lowest BCUT2D eigenvalue weighted by Crippen LogP contribution is -2.25. The van der Waals surface area contributed by atoms with Crippen LogP contribution in [0.4, 0.5) is 5.82 Å². The van der Waals surface area contributed by atoms with Gasteiger partial charge >= 0.3 is 0 Å². The molecular weight excluding hydrogens is 238 g/mol. The van der Waals surface area contributed by atoms with Crippen molar-refractivity contribution in [2.24, 2.45) is 0 Å². The van der Waals surface area contributed by atoms with Gasteiger partial charge in [0.15, 0.2) is 0 Å². The normalized spacial score (nSPS) is 11.1. The maximum absolute atomic E-state index is 5.37. The third-order valence-electron chi connectivity index (χ3n) is 3.05. The fourth-order valence-electron chi connectivity index (χ4n) is 1.75. The van der Waals surface area contributed by atoms with Crippen molar-refractivity contribution in [2.45, 2.75) is 40.3 Å². The second-order valence-corrected chi connectivity index (χ2v) is 5.07. The molecule has 0 radical (unpaired) electrons. The minimum Gasteiger partial charge on any atom is -0.380 e. The minimum atomic E-state index is 0.493. The van der Waals surface area contributed by atoms with E-state index in [0.717, 1.165) is 37.8 Å². The highest BCUT2D eigenvalue weighted by Crippen LogP contribution is 2.13. The monoisotopic (exact) mass is 265 g/mol. The van der Waals surface area contributed by atoms with Gasteiger partial charge in [-0.25, -0.2) is 4.98 Å². The zero-order chi connectivity index (χ0) is 14.3. The summed E-state index contributed by atoms with van der Waals surface area (Å²) in [7, 11) is 2.05. The zero-order valence-corrected chi connectivity index (χ0v) is 12.9. The number of hydrogen-bond donors (Lipinski definition) is 1. The smallest absolute Gasteiger partial charge is 0.128 e. The summed E-state index contributed by atoms with van der Waals surface area (Å²) in [6.45, 7) is 11.6. The number of aromatic nitrogens is 1. The zero-order valence-electron chi connectivity index (χ0n) is 12.9. The van der Waals surface area contributed by atoms with Gasteiger partial charge in [0, 0.05) is 38.5 Å². The number of ether oxygens (including phenoxy) is 1. The molecular formula is C15H27N3O. The van der Waals surface area contributed by atoms with Gasteiger partial charge in [-0.3, -0.25) is 0 Å². The fourth-order valence-corrected chi connectivity index (χ4v) is 1.75. The fraction of sp³-hybridized carbons (Fsp3) is 0.667. The van der Waals surface area contributed by atoms with Gasteiger partial charge in [0.25, 0.3) is 0 Å². The van der Waals surface area contributed by atoms with Crippen molar-refractivity contribution in [1.82, 2.24) is 10.3 Å². The van der Waals surface area contributed by atoms with Crippen LogP contribution in [0, 0.1) is 6.92 Å². The molecule has 0 atom stereocenters. The summed E-state index contributed by atoms with van der Waals surface area (Å²) in [5.41, 5.74) is 2.35. The number of aryl methyl sites for hydroxylation is 1. The first-order chi connectivity index (χ1) is 9.04. The van der Waals surface area contributed by atoms with E-state index in [2.05, 4.69) is 48.1 Å². The highest BCUT2D eigenvalue weighted by molar-refractivity contribution is 5.40. The Hall–Kier alpha value is -1.13. The molecule has 0 fully saturated rings. The van der Waals surface area contributed by atoms with Crippen LogP contribution in [0.2, 0.25) is 0 Å². The van der Waals surface area contributed by atoms with Crippen molar-refractivity contribution < 1.29 is 4.74 Å². The molecule has 0 aliphatic carbocycles. The standard InChI is InChI=1S/C15H27N3O/c1-6-19-10-9-18(5)15-8-7-14(13(4)17-15)11-16-12(2)3/h7-8,12,16H,6,9-11H2,1-5H3. The molecule has 1 aromatic heterocycles. The maximum Gasteiger partial charge on any atom is 0.128 e. The van der Waals surface area contributed by atoms with Crippen molar-refractivity contribution in [3.8, 4) is 0 Å². The van der Waals surface area contributed by atoms with Crippen molar-refractivity contribution in [3.05, 3.63) is 23.4 Å². The third kappa shape index (κ3) is 5.57. The second-order valence-electron chi connectivity index (χ2n) is 5.07. The molecule has 108 valence electrons. The van der Waals surface area contributed by atoms with Gasteiger partial charge in [0.2, 0.25) is 0 Å². The van der Waals surface area contributed by atoms with Gasteiger partial charge in [-0.2, -0.15) is 0 Å². The Balaban J connectivity index is 2.59. The highest BCUT2D eigenvalue weighted by Gasteiger charge is 2.06. The Morgan fingerprint density at radius 3 is 2.68 bits per heavy atom. The number of anilines is 1. The van der Waals surface area contributed by atoms with Gasteiger partial charge in [0.1, 0.15) is 5.82 Å². The quantitative estimate of drug-likeness (QED) is 0.732. The van der Waals surface area contributed by atoms with Crippen molar-refractivity contribution >= 4 is 5.82 Å². The van der Waals surface area contributed by atoms with Crippen LogP contribution in [-0.2, 0) is 11.3 Å². The Kier molecular flexibility index (Phi) is 6.81. The summed E-state index contributed by atoms with van der Waals surface area (Å²) in [4.78, 5) is 6.79. The van der Waals surface area contributed by atoms with Crippen molar-refractivity contribution in [3.63, 3.8) is 0 Å². The molecule has 1 rings (SSSR count). The van der Waals surface area contributed by atoms with E-state index in [1.165, 1.54) is 5.56 Å². The number of hydrogen-bond acceptors (Lipinski definition) is 4. The van der Waals surface area contributed by atoms with Crippen LogP contribution in [-0.4, -0.2) is 37.8 Å². The topological polar surface area (TPSA) is 37.4 Å². The molecule has 19 heavy (non-hydrogen) atoms. The average molecular weight is 265 g/mol. The number of nitrogens with one attached hydrogen (secondary N) is 1. The summed E-state index contributed by atoms with van der Waals surface area (Å²) >= 11 is 0. The first kappa shape index (κ1) is 15.9. The van der Waals surface area contributed by atoms with E-state index in [4.69, 9.17) is 4.74 Å². The average Bonchev–Trinajstić information content (AvgIpc) is 2.37. The molecule has 0 unspecified atom stereocenters. The van der Waals surface area contributed by atoms with Gasteiger partial charge in [0.05, 0.1) is 6.61 Å². The molecule has 1 N–H and O–H groups in total. The summed E-state index contributed by atoms with van der Waals surface area (Å²) in [5.74, 6) is 1.01. The van der Waals surface area contributed by atoms with E-state index in [0.29, 0.717) is 6.04 Å². The third-order valence-corrected chi connectivity index (χ3v) is 3.05. The van der Waals surface area contributed by atoms with Crippen LogP contribution in [0.25, 0.3) is 0 Å². The summed E-state index contributed by atoms with van der Waals surface area (Å²) < 4.78 is 5.37. The van der Waals surface area contributed by atoms with E-state index in [-0.39, 0.29) is 0 Å². The summed E-state index contributed by atoms with van der Waals surface area (Å²) in [6, 6.07) is 4.73. The lowest BCUT2D eigenvalue weighted by molar-refractivity contribution is 0.154. The van der Waals surface area contributed by atoms with E-state index in [1.807, 2.05) is 14.0 Å². The lowest BCUT2D eigenvalue weighted by Gasteiger charge is -2.19. The number of nitrogens with zero attached hydrogens (tertiary/aromatic N) is 2. The van der Waals surface area contributed by atoms with Crippen LogP contribution in [0.5, 0.6) is 0 Å². The van der Waals surface area contributed by atoms with Crippen molar-refractivity contribution in [1.29, 1.82) is 0 Å². The first-order valence-electron chi connectivity index (χ1n) is 7.03. The minimum absolute atomic E-state index is 0.493. The SMILES string of the molecule is CCOCCN(C)c1ccc(CNC(C)C)c(C)n1. The molecule has 0 saturated heterocycles. The molecule has 0 spiro atoms. The second kappa shape index (κ2) is 8.12. The molecule has 1 heterocycles. The van der Waals surface area contributed by atoms with E-state index in [1.54, 1.807) is 0 Å². The van der Waals surface area contributed by atoms with Crippen LogP contribution in [0.1, 0.15) is 32.0 Å². The molecule has 0 amide bonds. The number of rotatable bonds is 8. The summed E-state index contributed by atoms with van der Waals surface area (Å²) in [5, 5.41) is 3.42. The Morgan fingerprint density at radius 2 is 2.11 bits per heavy atom. The Morgan fingerprint density at radius 1 is 1.37 bits per heavy atom. The van der Waals surface area contributed by atoms with Crippen LogP contribution < -0.4 is 10.2 Å². The highest BCUT2D eigenvalue weighted by atomic mass is 16.5. The van der Waals surface area contributed by atoms with Gasteiger partial charge in [-0.1, -0.05) is 19.9 Å². The summed E-state index contributed by atoms with van der Waals surface area (Å²) in [6.07, 6.45) is 0. The molecule has 0 aliphatic rings. The largest absolute Gasteiger partial charge is 0.380 e. The predicted octanol–water partition coefficient (Wildman–Crippen LogP) is 2.36. The molecule has 1 aromatic rings. The first-order valence-corrected chi connectivity index (χ1v) is 7.03. The molecule has 4 nitrogen and oxygen atoms in total. The Bertz CT molecular complexity index is 380. The predicted molar refractivity (Wildman–Crippen MR) is 80.7 cm³/mol. The lowest BCUT2D eigenvalue weighted by atomic mass is 10.2. The molecule has 0 saturated carbocycles. The van der Waals surface area contributed by atoms with E-state index < -0.39 is 0 Å². The van der Waals surface area contributed by atoms with E-state index in [9.17, 15) is 0 Å². The molecule has 0 aromatic carbocycles. The molecule has 0 aliphatic heterocycles. The van der Waals surface area contributed by atoms with Crippen LogP contribution >= 0.6 is 0 Å². The maximum atomic E-state index is 5.37. The van der Waals surface area contributed by atoms with E-state index >= 15 is 0 Å². The molecule has 4 heteroatoms.